The molecule has 0 saturated carbocycles. The summed E-state index contributed by atoms with van der Waals surface area (Å²) in [5, 5.41) is 5.58. The lowest BCUT2D eigenvalue weighted by molar-refractivity contribution is 0.486. The summed E-state index contributed by atoms with van der Waals surface area (Å²) < 4.78 is 6.90. The molecular formula is C50H36BNOSSi. The van der Waals surface area contributed by atoms with Crippen molar-refractivity contribution in [3.63, 3.8) is 0 Å². The van der Waals surface area contributed by atoms with Gasteiger partial charge in [0.25, 0.3) is 6.71 Å². The normalized spacial score (nSPS) is 14.1. The second-order valence-corrected chi connectivity index (χ2v) is 19.7. The van der Waals surface area contributed by atoms with E-state index in [2.05, 4.69) is 201 Å². The Morgan fingerprint density at radius 2 is 1.13 bits per heavy atom. The molecule has 0 aromatic heterocycles. The van der Waals surface area contributed by atoms with E-state index in [1.165, 1.54) is 80.6 Å². The van der Waals surface area contributed by atoms with Gasteiger partial charge in [0.1, 0.15) is 11.5 Å². The van der Waals surface area contributed by atoms with Gasteiger partial charge in [0.2, 0.25) is 0 Å². The monoisotopic (exact) mass is 737 g/mol. The van der Waals surface area contributed by atoms with E-state index in [9.17, 15) is 0 Å². The Morgan fingerprint density at radius 3 is 1.87 bits per heavy atom. The Balaban J connectivity index is 1.22. The van der Waals surface area contributed by atoms with Crippen LogP contribution in [0.3, 0.4) is 0 Å². The molecule has 0 spiro atoms. The highest BCUT2D eigenvalue weighted by Crippen LogP contribution is 2.45. The first kappa shape index (κ1) is 32.4. The fourth-order valence-electron chi connectivity index (χ4n) is 9.48. The molecule has 3 aliphatic rings. The predicted molar refractivity (Wildman–Crippen MR) is 235 cm³/mol. The van der Waals surface area contributed by atoms with E-state index in [-0.39, 0.29) is 6.71 Å². The molecule has 0 saturated heterocycles. The number of hydrogen-bond acceptors (Lipinski definition) is 3. The van der Waals surface area contributed by atoms with Crippen molar-refractivity contribution in [3.8, 4) is 22.6 Å². The van der Waals surface area contributed by atoms with Crippen LogP contribution in [0, 0.1) is 13.8 Å². The fraction of sp³-hybridized carbons (Fsp3) is 0.0400. The molecule has 2 nitrogen and oxygen atoms in total. The molecule has 0 fully saturated rings. The number of aryl methyl sites for hydroxylation is 2. The van der Waals surface area contributed by atoms with Crippen LogP contribution in [0.4, 0.5) is 17.1 Å². The third-order valence-corrected chi connectivity index (χ3v) is 17.8. The van der Waals surface area contributed by atoms with Crippen molar-refractivity contribution < 1.29 is 4.74 Å². The number of nitrogens with zero attached hydrogens (tertiary/aromatic N) is 1. The molecule has 3 heterocycles. The van der Waals surface area contributed by atoms with E-state index in [0.717, 1.165) is 17.2 Å². The summed E-state index contributed by atoms with van der Waals surface area (Å²) in [7, 11) is -2.96. The summed E-state index contributed by atoms with van der Waals surface area (Å²) in [6, 6.07) is 68.0. The molecule has 0 N–H and O–H groups in total. The van der Waals surface area contributed by atoms with Crippen LogP contribution < -0.4 is 46.8 Å². The highest BCUT2D eigenvalue weighted by molar-refractivity contribution is 8.00. The molecule has 0 atom stereocenters. The SMILES string of the molecule is Cc1ccc2c(c1)[Si](c1ccccc1)(c1ccccc1-c1ccccc1)c1cc(C)ccc1N2c1cc2c3c(c1)Sc1ccccc1B3c1ccccc1O2. The third-order valence-electron chi connectivity index (χ3n) is 11.8. The summed E-state index contributed by atoms with van der Waals surface area (Å²) in [6.45, 7) is 4.61. The van der Waals surface area contributed by atoms with E-state index in [1.807, 2.05) is 11.8 Å². The van der Waals surface area contributed by atoms with Gasteiger partial charge in [-0.05, 0) is 87.0 Å². The minimum atomic E-state index is -2.96. The highest BCUT2D eigenvalue weighted by atomic mass is 32.2. The number of ether oxygens (including phenoxy) is 1. The van der Waals surface area contributed by atoms with Gasteiger partial charge < -0.3 is 9.64 Å². The van der Waals surface area contributed by atoms with Gasteiger partial charge in [-0.2, -0.15) is 0 Å². The summed E-state index contributed by atoms with van der Waals surface area (Å²) in [5.41, 5.74) is 12.5. The highest BCUT2D eigenvalue weighted by Gasteiger charge is 2.50. The Morgan fingerprint density at radius 1 is 0.509 bits per heavy atom. The Kier molecular flexibility index (Phi) is 7.38. The summed E-state index contributed by atoms with van der Waals surface area (Å²) in [6.07, 6.45) is 0. The van der Waals surface area contributed by atoms with Gasteiger partial charge in [-0.3, -0.25) is 0 Å². The van der Waals surface area contributed by atoms with Gasteiger partial charge in [-0.15, -0.1) is 0 Å². The van der Waals surface area contributed by atoms with E-state index in [0.29, 0.717) is 0 Å². The van der Waals surface area contributed by atoms with Crippen LogP contribution in [0.5, 0.6) is 11.5 Å². The smallest absolute Gasteiger partial charge is 0.253 e. The van der Waals surface area contributed by atoms with Gasteiger partial charge in [0, 0.05) is 27.2 Å². The van der Waals surface area contributed by atoms with Crippen LogP contribution in [0.15, 0.2) is 192 Å². The van der Waals surface area contributed by atoms with Crippen molar-refractivity contribution in [3.05, 3.63) is 193 Å². The first-order valence-corrected chi connectivity index (χ1v) is 21.9. The lowest BCUT2D eigenvalue weighted by Gasteiger charge is -2.46. The summed E-state index contributed by atoms with van der Waals surface area (Å²) >= 11 is 1.87. The molecule has 8 aromatic rings. The van der Waals surface area contributed by atoms with Crippen LogP contribution in [0.2, 0.25) is 0 Å². The predicted octanol–water partition coefficient (Wildman–Crippen LogP) is 8.22. The third kappa shape index (κ3) is 4.83. The molecule has 0 radical (unpaired) electrons. The Hall–Kier alpha value is -6.01. The molecule has 8 aromatic carbocycles. The van der Waals surface area contributed by atoms with Crippen molar-refractivity contribution >= 4 is 80.7 Å². The molecule has 0 unspecified atom stereocenters. The Bertz CT molecular complexity index is 2700. The molecule has 3 aliphatic heterocycles. The molecular weight excluding hydrogens is 702 g/mol. The lowest BCUT2D eigenvalue weighted by Crippen LogP contribution is -2.77. The van der Waals surface area contributed by atoms with Crippen LogP contribution >= 0.6 is 11.8 Å². The van der Waals surface area contributed by atoms with Gasteiger partial charge in [0.15, 0.2) is 8.07 Å². The minimum absolute atomic E-state index is 0.125. The number of rotatable bonds is 4. The number of fused-ring (bicyclic) bond motifs is 6. The second-order valence-electron chi connectivity index (χ2n) is 15.0. The standard InChI is InChI=1S/C50H36BNOSSi/c1-33-25-27-41-48(29-33)55(37-17-7-4-8-18-37,47-24-14-9-19-38(47)35-15-5-3-6-16-35)49-30-34(2)26-28-42(49)52(41)36-31-44-50-46(32-36)54-45-23-13-11-21-40(45)51(50)39-20-10-12-22-43(39)53-44/h3-32H,1-2H3. The lowest BCUT2D eigenvalue weighted by atomic mass is 9.35. The number of anilines is 3. The Labute approximate surface area is 328 Å². The number of hydrogen-bond donors (Lipinski definition) is 0. The molecule has 0 bridgehead atoms. The van der Waals surface area contributed by atoms with Crippen molar-refractivity contribution in [2.24, 2.45) is 0 Å². The molecule has 260 valence electrons. The number of para-hydroxylation sites is 1. The minimum Gasteiger partial charge on any atom is -0.458 e. The quantitative estimate of drug-likeness (QED) is 0.169. The first-order chi connectivity index (χ1) is 27.1. The van der Waals surface area contributed by atoms with Gasteiger partial charge >= 0.3 is 0 Å². The zero-order valence-electron chi connectivity index (χ0n) is 30.7. The van der Waals surface area contributed by atoms with E-state index >= 15 is 0 Å². The molecule has 5 heteroatoms. The maximum atomic E-state index is 6.90. The van der Waals surface area contributed by atoms with Crippen molar-refractivity contribution in [1.29, 1.82) is 0 Å². The van der Waals surface area contributed by atoms with Crippen LogP contribution in [-0.4, -0.2) is 14.8 Å². The number of benzene rings is 8. The van der Waals surface area contributed by atoms with E-state index < -0.39 is 8.07 Å². The van der Waals surface area contributed by atoms with Crippen LogP contribution in [-0.2, 0) is 0 Å². The van der Waals surface area contributed by atoms with E-state index in [1.54, 1.807) is 0 Å². The van der Waals surface area contributed by atoms with Crippen molar-refractivity contribution in [1.82, 2.24) is 0 Å². The van der Waals surface area contributed by atoms with Gasteiger partial charge in [-0.1, -0.05) is 174 Å². The van der Waals surface area contributed by atoms with Crippen LogP contribution in [0.25, 0.3) is 11.1 Å². The average molecular weight is 738 g/mol. The maximum absolute atomic E-state index is 6.90. The summed E-state index contributed by atoms with van der Waals surface area (Å²) in [4.78, 5) is 5.08. The zero-order chi connectivity index (χ0) is 36.7. The zero-order valence-corrected chi connectivity index (χ0v) is 32.5. The first-order valence-electron chi connectivity index (χ1n) is 19.0. The van der Waals surface area contributed by atoms with Gasteiger partial charge in [0.05, 0.1) is 5.69 Å². The van der Waals surface area contributed by atoms with Gasteiger partial charge in [-0.25, -0.2) is 0 Å². The maximum Gasteiger partial charge on any atom is 0.253 e. The molecule has 0 amide bonds. The molecule has 0 aliphatic carbocycles. The fourth-order valence-corrected chi connectivity index (χ4v) is 16.2. The second kappa shape index (κ2) is 12.5. The summed E-state index contributed by atoms with van der Waals surface area (Å²) in [5.74, 6) is 1.87. The average Bonchev–Trinajstić information content (AvgIpc) is 3.23. The largest absolute Gasteiger partial charge is 0.458 e. The van der Waals surface area contributed by atoms with Crippen molar-refractivity contribution in [2.75, 3.05) is 4.90 Å². The molecule has 11 rings (SSSR count). The van der Waals surface area contributed by atoms with Crippen LogP contribution in [0.1, 0.15) is 11.1 Å². The topological polar surface area (TPSA) is 12.5 Å². The van der Waals surface area contributed by atoms with Crippen molar-refractivity contribution in [2.45, 2.75) is 23.6 Å². The van der Waals surface area contributed by atoms with E-state index in [4.69, 9.17) is 4.74 Å². The molecule has 55 heavy (non-hydrogen) atoms.